The number of unbranched alkanes of at least 4 members (excludes halogenated alkanes) is 1. The summed E-state index contributed by atoms with van der Waals surface area (Å²) in [5, 5.41) is 0.371. The maximum absolute atomic E-state index is 13.9. The normalized spacial score (nSPS) is 13.1. The van der Waals surface area contributed by atoms with Crippen LogP contribution in [0, 0.1) is 11.7 Å². The molecule has 2 aromatic carbocycles. The van der Waals surface area contributed by atoms with Crippen molar-refractivity contribution in [3.63, 3.8) is 0 Å². The molecule has 0 aliphatic heterocycles. The molecule has 0 aliphatic carbocycles. The van der Waals surface area contributed by atoms with E-state index in [1.54, 1.807) is 18.2 Å². The molecule has 0 radical (unpaired) electrons. The molecule has 7 heteroatoms. The van der Waals surface area contributed by atoms with Gasteiger partial charge in [-0.1, -0.05) is 57.3 Å². The van der Waals surface area contributed by atoms with Crippen LogP contribution in [0.5, 0.6) is 0 Å². The van der Waals surface area contributed by atoms with Crippen LogP contribution >= 0.6 is 11.6 Å². The largest absolute Gasteiger partial charge is 0.333 e. The Kier molecular flexibility index (Phi) is 8.84. The first-order valence-electron chi connectivity index (χ1n) is 12.1. The average Bonchev–Trinajstić information content (AvgIpc) is 2.84. The van der Waals surface area contributed by atoms with Crippen LogP contribution in [-0.2, 0) is 4.79 Å². The number of rotatable bonds is 10. The van der Waals surface area contributed by atoms with Gasteiger partial charge in [-0.15, -0.1) is 0 Å². The van der Waals surface area contributed by atoms with Crippen LogP contribution in [0.3, 0.4) is 0 Å². The topological polar surface area (TPSA) is 55.2 Å². The molecule has 0 saturated carbocycles. The first kappa shape index (κ1) is 25.9. The van der Waals surface area contributed by atoms with Gasteiger partial charge in [-0.05, 0) is 56.5 Å². The third kappa shape index (κ3) is 5.17. The van der Waals surface area contributed by atoms with Gasteiger partial charge in [-0.3, -0.25) is 14.2 Å². The van der Waals surface area contributed by atoms with E-state index in [0.717, 1.165) is 25.7 Å². The van der Waals surface area contributed by atoms with Crippen LogP contribution in [0.15, 0.2) is 47.3 Å². The van der Waals surface area contributed by atoms with E-state index in [1.807, 2.05) is 31.7 Å². The Morgan fingerprint density at radius 3 is 2.47 bits per heavy atom. The molecule has 0 saturated heterocycles. The second kappa shape index (κ2) is 11.6. The minimum atomic E-state index is -0.562. The highest BCUT2D eigenvalue weighted by molar-refractivity contribution is 6.30. The number of amides is 1. The monoisotopic (exact) mass is 485 g/mol. The lowest BCUT2D eigenvalue weighted by Crippen LogP contribution is -2.41. The van der Waals surface area contributed by atoms with Crippen LogP contribution in [0.25, 0.3) is 16.6 Å². The van der Waals surface area contributed by atoms with Gasteiger partial charge in [0.2, 0.25) is 5.91 Å². The number of fused-ring (bicyclic) bond motifs is 1. The van der Waals surface area contributed by atoms with Gasteiger partial charge in [0.25, 0.3) is 5.56 Å². The summed E-state index contributed by atoms with van der Waals surface area (Å²) in [6.07, 6.45) is 4.20. The van der Waals surface area contributed by atoms with E-state index in [-0.39, 0.29) is 22.4 Å². The molecule has 0 spiro atoms. The Morgan fingerprint density at radius 1 is 1.12 bits per heavy atom. The maximum atomic E-state index is 13.9. The van der Waals surface area contributed by atoms with Gasteiger partial charge in [0.05, 0.1) is 27.7 Å². The van der Waals surface area contributed by atoms with Crippen LogP contribution in [-0.4, -0.2) is 26.9 Å². The van der Waals surface area contributed by atoms with Gasteiger partial charge in [0.15, 0.2) is 0 Å². The molecule has 34 heavy (non-hydrogen) atoms. The number of benzene rings is 2. The number of aromatic nitrogens is 2. The standard InChI is InChI=1S/C27H33ClFN3O2/c1-5-9-12-18(6-2)26(33)31(8-4)24(7-3)25-30-23-14-11-10-13-20(23)27(34)32(25)19-15-16-22(29)21(28)17-19/h10-11,13-18,24H,5-9,12H2,1-4H3. The lowest BCUT2D eigenvalue weighted by Gasteiger charge is -2.34. The molecule has 3 aromatic rings. The van der Waals surface area contributed by atoms with Crippen molar-refractivity contribution in [2.24, 2.45) is 5.92 Å². The zero-order valence-corrected chi connectivity index (χ0v) is 21.1. The molecule has 182 valence electrons. The fourth-order valence-corrected chi connectivity index (χ4v) is 4.68. The molecular formula is C27H33ClFN3O2. The Morgan fingerprint density at radius 2 is 1.85 bits per heavy atom. The van der Waals surface area contributed by atoms with Crippen molar-refractivity contribution in [3.8, 4) is 5.69 Å². The summed E-state index contributed by atoms with van der Waals surface area (Å²) in [5.41, 5.74) is 0.708. The Balaban J connectivity index is 2.23. The van der Waals surface area contributed by atoms with Crippen LogP contribution in [0.4, 0.5) is 4.39 Å². The predicted octanol–water partition coefficient (Wildman–Crippen LogP) is 6.69. The smallest absolute Gasteiger partial charge is 0.266 e. The second-order valence-electron chi connectivity index (χ2n) is 8.52. The second-order valence-corrected chi connectivity index (χ2v) is 8.93. The van der Waals surface area contributed by atoms with Gasteiger partial charge in [0, 0.05) is 12.5 Å². The van der Waals surface area contributed by atoms with Crippen molar-refractivity contribution in [1.82, 2.24) is 14.5 Å². The van der Waals surface area contributed by atoms with Gasteiger partial charge in [0.1, 0.15) is 11.6 Å². The lowest BCUT2D eigenvalue weighted by molar-refractivity contribution is -0.138. The van der Waals surface area contributed by atoms with Gasteiger partial charge >= 0.3 is 0 Å². The summed E-state index contributed by atoms with van der Waals surface area (Å²) < 4.78 is 15.4. The number of hydrogen-bond acceptors (Lipinski definition) is 3. The maximum Gasteiger partial charge on any atom is 0.266 e. The van der Waals surface area contributed by atoms with Crippen molar-refractivity contribution in [2.45, 2.75) is 65.8 Å². The third-order valence-electron chi connectivity index (χ3n) is 6.40. The fourth-order valence-electron chi connectivity index (χ4n) is 4.51. The van der Waals surface area contributed by atoms with E-state index >= 15 is 0 Å². The molecule has 2 unspecified atom stereocenters. The van der Waals surface area contributed by atoms with Gasteiger partial charge in [-0.2, -0.15) is 0 Å². The summed E-state index contributed by atoms with van der Waals surface area (Å²) >= 11 is 6.07. The van der Waals surface area contributed by atoms with Gasteiger partial charge in [-0.25, -0.2) is 9.37 Å². The Hall–Kier alpha value is -2.73. The molecule has 0 fully saturated rings. The minimum Gasteiger partial charge on any atom is -0.333 e. The molecule has 1 amide bonds. The van der Waals surface area contributed by atoms with Crippen molar-refractivity contribution >= 4 is 28.4 Å². The van der Waals surface area contributed by atoms with E-state index in [9.17, 15) is 14.0 Å². The number of carbonyl (C=O) groups excluding carboxylic acids is 1. The van der Waals surface area contributed by atoms with Crippen LogP contribution < -0.4 is 5.56 Å². The number of carbonyl (C=O) groups is 1. The number of nitrogens with zero attached hydrogens (tertiary/aromatic N) is 3. The fraction of sp³-hybridized carbons (Fsp3) is 0.444. The molecule has 0 aliphatic rings. The first-order chi connectivity index (χ1) is 16.4. The highest BCUT2D eigenvalue weighted by Crippen LogP contribution is 2.29. The molecule has 3 rings (SSSR count). The van der Waals surface area contributed by atoms with E-state index in [2.05, 4.69) is 6.92 Å². The van der Waals surface area contributed by atoms with Crippen LogP contribution in [0.1, 0.15) is 71.7 Å². The van der Waals surface area contributed by atoms with E-state index in [1.165, 1.54) is 22.8 Å². The zero-order valence-electron chi connectivity index (χ0n) is 20.4. The number of halogens is 2. The Labute approximate surface area is 205 Å². The average molecular weight is 486 g/mol. The highest BCUT2D eigenvalue weighted by atomic mass is 35.5. The van der Waals surface area contributed by atoms with Gasteiger partial charge < -0.3 is 4.90 Å². The Bertz CT molecular complexity index is 1210. The molecule has 2 atom stereocenters. The molecule has 1 heterocycles. The number of para-hydroxylation sites is 1. The predicted molar refractivity (Wildman–Crippen MR) is 136 cm³/mol. The van der Waals surface area contributed by atoms with Crippen molar-refractivity contribution < 1.29 is 9.18 Å². The highest BCUT2D eigenvalue weighted by Gasteiger charge is 2.31. The molecule has 5 nitrogen and oxygen atoms in total. The summed E-state index contributed by atoms with van der Waals surface area (Å²) in [4.78, 5) is 34.0. The van der Waals surface area contributed by atoms with Crippen LogP contribution in [0.2, 0.25) is 5.02 Å². The molecule has 1 aromatic heterocycles. The summed E-state index contributed by atoms with van der Waals surface area (Å²) in [7, 11) is 0. The molecular weight excluding hydrogens is 453 g/mol. The van der Waals surface area contributed by atoms with Crippen molar-refractivity contribution in [2.75, 3.05) is 6.54 Å². The quantitative estimate of drug-likeness (QED) is 0.321. The van der Waals surface area contributed by atoms with E-state index in [0.29, 0.717) is 35.4 Å². The summed E-state index contributed by atoms with van der Waals surface area (Å²) in [6.45, 7) is 8.59. The van der Waals surface area contributed by atoms with E-state index in [4.69, 9.17) is 16.6 Å². The molecule has 0 N–H and O–H groups in total. The molecule has 0 bridgehead atoms. The summed E-state index contributed by atoms with van der Waals surface area (Å²) in [6, 6.07) is 10.9. The first-order valence-corrected chi connectivity index (χ1v) is 12.5. The van der Waals surface area contributed by atoms with E-state index < -0.39 is 11.9 Å². The van der Waals surface area contributed by atoms with Crippen molar-refractivity contribution in [1.29, 1.82) is 0 Å². The zero-order chi connectivity index (χ0) is 24.8. The minimum absolute atomic E-state index is 0.0742. The third-order valence-corrected chi connectivity index (χ3v) is 6.69. The van der Waals surface area contributed by atoms with Crippen molar-refractivity contribution in [3.05, 3.63) is 69.5 Å². The lowest BCUT2D eigenvalue weighted by atomic mass is 9.96. The summed E-state index contributed by atoms with van der Waals surface area (Å²) in [5.74, 6) is -0.103. The number of hydrogen-bond donors (Lipinski definition) is 0. The SMILES string of the molecule is CCCCC(CC)C(=O)N(CC)C(CC)c1nc2ccccc2c(=O)n1-c1ccc(F)c(Cl)c1.